The predicted octanol–water partition coefficient (Wildman–Crippen LogP) is 8.91. The van der Waals surface area contributed by atoms with E-state index in [0.717, 1.165) is 0 Å². The van der Waals surface area contributed by atoms with Gasteiger partial charge in [-0.3, -0.25) is 14.4 Å². The Balaban J connectivity index is 0.000000443. The van der Waals surface area contributed by atoms with E-state index in [1.165, 1.54) is 22.0 Å². The van der Waals surface area contributed by atoms with Crippen molar-refractivity contribution in [1.29, 1.82) is 0 Å². The quantitative estimate of drug-likeness (QED) is 0.140. The van der Waals surface area contributed by atoms with Crippen LogP contribution in [0.4, 0.5) is 23.2 Å². The average molecular weight is 834 g/mol. The summed E-state index contributed by atoms with van der Waals surface area (Å²) in [5.41, 5.74) is -6.61. The minimum Gasteiger partial charge on any atom is -0.444 e. The van der Waals surface area contributed by atoms with Crippen LogP contribution in [0.15, 0.2) is 38.0 Å². The highest BCUT2D eigenvalue weighted by Crippen LogP contribution is 2.34. The Kier molecular flexibility index (Phi) is 19.7. The summed E-state index contributed by atoms with van der Waals surface area (Å²) >= 11 is 0. The first kappa shape index (κ1) is 52.5. The van der Waals surface area contributed by atoms with Crippen LogP contribution in [0, 0.1) is 17.8 Å². The molecule has 0 aromatic carbocycles. The highest BCUT2D eigenvalue weighted by molar-refractivity contribution is 5.89. The summed E-state index contributed by atoms with van der Waals surface area (Å²) in [5.74, 6) is 1.78. The van der Waals surface area contributed by atoms with E-state index in [1.807, 2.05) is 20.8 Å². The number of nitrogens with zero attached hydrogens (tertiary/aromatic N) is 3. The molecule has 0 bridgehead atoms. The number of hydrogen-bond donors (Lipinski definition) is 0. The van der Waals surface area contributed by atoms with E-state index in [2.05, 4.69) is 25.7 Å². The third kappa shape index (κ3) is 17.7. The Bertz CT molecular complexity index is 1500. The Morgan fingerprint density at radius 1 is 0.610 bits per heavy atom. The molecule has 0 N–H and O–H groups in total. The zero-order chi connectivity index (χ0) is 45.5. The number of rotatable bonds is 7. The first-order valence-corrected chi connectivity index (χ1v) is 20.3. The predicted molar refractivity (Wildman–Crippen MR) is 224 cm³/mol. The highest BCUT2D eigenvalue weighted by atomic mass is 19.1. The van der Waals surface area contributed by atoms with Crippen LogP contribution in [-0.4, -0.2) is 118 Å². The third-order valence-corrected chi connectivity index (χ3v) is 9.33. The minimum atomic E-state index is -2.03. The van der Waals surface area contributed by atoms with E-state index in [1.54, 1.807) is 52.5 Å². The second-order valence-electron chi connectivity index (χ2n) is 18.4. The lowest BCUT2D eigenvalue weighted by atomic mass is 9.76. The lowest BCUT2D eigenvalue weighted by Crippen LogP contribution is -2.46. The second-order valence-corrected chi connectivity index (χ2v) is 18.4. The lowest BCUT2D eigenvalue weighted by molar-refractivity contribution is -0.131. The molecule has 0 radical (unpaired) electrons. The maximum Gasteiger partial charge on any atom is 0.410 e. The number of likely N-dealkylation sites (tertiary alicyclic amines) is 3. The average Bonchev–Trinajstić information content (AvgIpc) is 3.41. The number of allylic oxidation sites excluding steroid dienone is 3. The lowest BCUT2D eigenvalue weighted by Gasteiger charge is -2.34. The van der Waals surface area contributed by atoms with Crippen molar-refractivity contribution in [2.24, 2.45) is 5.41 Å². The summed E-state index contributed by atoms with van der Waals surface area (Å²) in [5, 5.41) is 0. The number of ketones is 3. The van der Waals surface area contributed by atoms with Crippen LogP contribution in [0.3, 0.4) is 0 Å². The Hall–Kier alpha value is -4.54. The van der Waals surface area contributed by atoms with E-state index >= 15 is 0 Å². The van der Waals surface area contributed by atoms with Crippen LogP contribution in [0.1, 0.15) is 127 Å². The fourth-order valence-corrected chi connectivity index (χ4v) is 6.61. The number of carbonyl (C=O) groups excluding carboxylic acids is 6. The van der Waals surface area contributed by atoms with Crippen molar-refractivity contribution >= 4 is 35.6 Å². The fourth-order valence-electron chi connectivity index (χ4n) is 6.61. The molecule has 12 nitrogen and oxygen atoms in total. The molecule has 3 aliphatic rings. The number of Topliss-reactive ketones (excluding diaryl/α,β-unsaturated/α-hetero) is 3. The maximum absolute atomic E-state index is 14.6. The molecule has 3 heterocycles. The van der Waals surface area contributed by atoms with Gasteiger partial charge in [-0.15, -0.1) is 32.1 Å². The Morgan fingerprint density at radius 3 is 1.20 bits per heavy atom. The summed E-state index contributed by atoms with van der Waals surface area (Å²) in [4.78, 5) is 76.4. The van der Waals surface area contributed by atoms with Crippen LogP contribution in [-0.2, 0) is 28.6 Å². The summed E-state index contributed by atoms with van der Waals surface area (Å²) in [6.45, 7) is 27.6. The van der Waals surface area contributed by atoms with Gasteiger partial charge in [-0.1, -0.05) is 18.2 Å². The smallest absolute Gasteiger partial charge is 0.410 e. The molecule has 3 atom stereocenters. The molecule has 3 saturated heterocycles. The number of halogens is 2. The molecule has 0 spiro atoms. The summed E-state index contributed by atoms with van der Waals surface area (Å²) in [6.07, 6.45) is 11.3. The van der Waals surface area contributed by atoms with Crippen molar-refractivity contribution in [3.05, 3.63) is 38.0 Å². The van der Waals surface area contributed by atoms with Crippen molar-refractivity contribution in [2.75, 3.05) is 39.3 Å². The Morgan fingerprint density at radius 2 is 0.915 bits per heavy atom. The first-order valence-electron chi connectivity index (χ1n) is 20.3. The largest absolute Gasteiger partial charge is 0.444 e. The van der Waals surface area contributed by atoms with Crippen LogP contribution in [0.25, 0.3) is 0 Å². The van der Waals surface area contributed by atoms with Gasteiger partial charge in [0.25, 0.3) is 0 Å². The van der Waals surface area contributed by atoms with Crippen molar-refractivity contribution in [2.45, 2.75) is 155 Å². The molecule has 3 aliphatic heterocycles. The van der Waals surface area contributed by atoms with Crippen molar-refractivity contribution in [3.63, 3.8) is 0 Å². The monoisotopic (exact) mass is 834 g/mol. The van der Waals surface area contributed by atoms with Gasteiger partial charge in [0.05, 0.1) is 18.5 Å². The molecule has 0 aromatic heterocycles. The Labute approximate surface area is 351 Å². The molecule has 0 unspecified atom stereocenters. The van der Waals surface area contributed by atoms with Crippen molar-refractivity contribution < 1.29 is 51.8 Å². The molecular formula is C45H69F2N3O9. The van der Waals surface area contributed by atoms with Crippen LogP contribution in [0.5, 0.6) is 0 Å². The van der Waals surface area contributed by atoms with E-state index in [9.17, 15) is 37.5 Å². The molecule has 3 amide bonds. The van der Waals surface area contributed by atoms with Gasteiger partial charge < -0.3 is 28.9 Å². The summed E-state index contributed by atoms with van der Waals surface area (Å²) < 4.78 is 45.1. The minimum absolute atomic E-state index is 0.0782. The van der Waals surface area contributed by atoms with Gasteiger partial charge >= 0.3 is 18.3 Å². The van der Waals surface area contributed by atoms with Gasteiger partial charge in [-0.25, -0.2) is 23.2 Å². The highest BCUT2D eigenvalue weighted by Gasteiger charge is 2.44. The topological polar surface area (TPSA) is 140 Å². The van der Waals surface area contributed by atoms with E-state index in [-0.39, 0.29) is 50.6 Å². The third-order valence-electron chi connectivity index (χ3n) is 9.33. The van der Waals surface area contributed by atoms with E-state index < -0.39 is 57.3 Å². The van der Waals surface area contributed by atoms with Gasteiger partial charge in [0.2, 0.25) is 0 Å². The van der Waals surface area contributed by atoms with Gasteiger partial charge in [-0.2, -0.15) is 0 Å². The van der Waals surface area contributed by atoms with Gasteiger partial charge in [0.15, 0.2) is 22.9 Å². The fraction of sp³-hybridized carbons (Fsp3) is 0.689. The molecule has 0 aromatic rings. The molecule has 3 rings (SSSR count). The number of alkyl halides is 2. The zero-order valence-electron chi connectivity index (χ0n) is 37.0. The molecule has 3 fully saturated rings. The maximum atomic E-state index is 14.6. The van der Waals surface area contributed by atoms with Gasteiger partial charge in [0.1, 0.15) is 22.6 Å². The SMILES string of the molecule is C#CC[C@@]1(CC=C)CN(C(=O)OC(C)(C)C)CCCC1=O.C=CC[C@]1(F)CN(C(=O)OC(C)(C)C)CCCC1=O.C=CC[C@]1(F)CN(C(=O)OC(C)(C)C)CCCC1=O. The second kappa shape index (κ2) is 22.2. The van der Waals surface area contributed by atoms with Crippen LogP contribution in [0.2, 0.25) is 0 Å². The number of ether oxygens (including phenoxy) is 3. The molecule has 332 valence electrons. The molecule has 14 heteroatoms. The van der Waals surface area contributed by atoms with Gasteiger partial charge in [0, 0.05) is 64.7 Å². The molecular weight excluding hydrogens is 765 g/mol. The normalized spacial score (nSPS) is 24.2. The molecule has 59 heavy (non-hydrogen) atoms. The first-order chi connectivity index (χ1) is 27.1. The van der Waals surface area contributed by atoms with Crippen LogP contribution < -0.4 is 0 Å². The number of carbonyl (C=O) groups is 6. The van der Waals surface area contributed by atoms with Crippen LogP contribution >= 0.6 is 0 Å². The summed E-state index contributed by atoms with van der Waals surface area (Å²) in [7, 11) is 0. The molecule has 0 aliphatic carbocycles. The number of hydrogen-bond acceptors (Lipinski definition) is 9. The summed E-state index contributed by atoms with van der Waals surface area (Å²) in [6, 6.07) is 0. The van der Waals surface area contributed by atoms with Crippen molar-refractivity contribution in [3.8, 4) is 12.3 Å². The zero-order valence-corrected chi connectivity index (χ0v) is 37.0. The van der Waals surface area contributed by atoms with E-state index in [0.29, 0.717) is 64.7 Å². The number of terminal acetylenes is 1. The number of amides is 3. The molecule has 0 saturated carbocycles. The standard InChI is InChI=1S/C17H25NO3.2C14H22FNO3/c1-6-10-17(11-7-2)13-18(12-8-9-14(17)19)15(20)21-16(3,4)5;2*1-5-8-14(15)10-16(9-6-7-11(14)17)12(18)19-13(2,3)4/h1,7H,2,8-13H2,3-5H3;2*5H,1,6-10H2,2-4H3/t17-;2*14-/m100/s1. The van der Waals surface area contributed by atoms with Crippen molar-refractivity contribution in [1.82, 2.24) is 14.7 Å². The van der Waals surface area contributed by atoms with Gasteiger partial charge in [-0.05, 0) is 88.0 Å². The van der Waals surface area contributed by atoms with E-state index in [4.69, 9.17) is 20.6 Å².